The maximum atomic E-state index is 9.75. The number of aliphatic hydroxyl groups is 2. The van der Waals surface area contributed by atoms with E-state index in [4.69, 9.17) is 24.1 Å². The van der Waals surface area contributed by atoms with Crippen molar-refractivity contribution in [2.45, 2.75) is 70.4 Å². The van der Waals surface area contributed by atoms with Crippen LogP contribution >= 0.6 is 0 Å². The third kappa shape index (κ3) is 3.41. The molecule has 2 fully saturated rings. The molecule has 0 amide bonds. The van der Waals surface area contributed by atoms with Gasteiger partial charge in [0.15, 0.2) is 5.79 Å². The van der Waals surface area contributed by atoms with Crippen molar-refractivity contribution >= 4 is 0 Å². The molecule has 0 aromatic rings. The van der Waals surface area contributed by atoms with Crippen molar-refractivity contribution in [2.24, 2.45) is 5.41 Å². The molecule has 2 N–H and O–H groups in total. The van der Waals surface area contributed by atoms with E-state index in [2.05, 4.69) is 0 Å². The number of rotatable bonds is 4. The Morgan fingerprint density at radius 1 is 1.29 bits per heavy atom. The first-order valence-electron chi connectivity index (χ1n) is 7.50. The fourth-order valence-corrected chi connectivity index (χ4v) is 3.30. The van der Waals surface area contributed by atoms with Crippen molar-refractivity contribution in [2.75, 3.05) is 20.3 Å². The molecule has 2 rings (SSSR count). The van der Waals surface area contributed by atoms with Gasteiger partial charge in [0.05, 0.1) is 31.5 Å². The second kappa shape index (κ2) is 6.10. The van der Waals surface area contributed by atoms with Crippen LogP contribution in [0.3, 0.4) is 0 Å². The van der Waals surface area contributed by atoms with E-state index < -0.39 is 11.9 Å². The van der Waals surface area contributed by atoms with Crippen LogP contribution in [-0.4, -0.2) is 66.8 Å². The zero-order valence-electron chi connectivity index (χ0n) is 13.5. The van der Waals surface area contributed by atoms with E-state index in [-0.39, 0.29) is 36.4 Å². The summed E-state index contributed by atoms with van der Waals surface area (Å²) in [6, 6.07) is 0. The normalized spacial score (nSPS) is 39.6. The lowest BCUT2D eigenvalue weighted by Gasteiger charge is -2.55. The molecule has 5 atom stereocenters. The van der Waals surface area contributed by atoms with Crippen molar-refractivity contribution in [3.63, 3.8) is 0 Å². The van der Waals surface area contributed by atoms with Gasteiger partial charge in [-0.05, 0) is 13.8 Å². The van der Waals surface area contributed by atoms with Gasteiger partial charge in [-0.3, -0.25) is 0 Å². The summed E-state index contributed by atoms with van der Waals surface area (Å²) in [7, 11) is 1.67. The van der Waals surface area contributed by atoms with Gasteiger partial charge in [-0.2, -0.15) is 0 Å². The molecule has 2 aliphatic rings. The molecule has 2 aliphatic heterocycles. The van der Waals surface area contributed by atoms with Crippen LogP contribution < -0.4 is 0 Å². The zero-order chi connectivity index (χ0) is 15.8. The van der Waals surface area contributed by atoms with E-state index in [9.17, 15) is 5.11 Å². The first-order valence-corrected chi connectivity index (χ1v) is 7.50. The van der Waals surface area contributed by atoms with Gasteiger partial charge in [0.25, 0.3) is 0 Å². The van der Waals surface area contributed by atoms with Crippen molar-refractivity contribution in [3.8, 4) is 0 Å². The molecule has 0 aromatic heterocycles. The maximum absolute atomic E-state index is 9.75. The smallest absolute Gasteiger partial charge is 0.163 e. The van der Waals surface area contributed by atoms with E-state index >= 15 is 0 Å². The predicted octanol–water partition coefficient (Wildman–Crippen LogP) is 0.690. The molecule has 2 heterocycles. The number of methoxy groups -OCH3 is 1. The lowest BCUT2D eigenvalue weighted by atomic mass is 9.72. The lowest BCUT2D eigenvalue weighted by Crippen LogP contribution is -2.66. The molecule has 0 bridgehead atoms. The number of ether oxygens (including phenoxy) is 4. The van der Waals surface area contributed by atoms with Crippen molar-refractivity contribution in [1.29, 1.82) is 0 Å². The lowest BCUT2D eigenvalue weighted by molar-refractivity contribution is -0.366. The average Bonchev–Trinajstić information content (AvgIpc) is 2.39. The summed E-state index contributed by atoms with van der Waals surface area (Å²) in [5.74, 6) is -0.658. The Morgan fingerprint density at radius 2 is 1.95 bits per heavy atom. The van der Waals surface area contributed by atoms with Crippen LogP contribution in [0.2, 0.25) is 0 Å². The highest BCUT2D eigenvalue weighted by molar-refractivity contribution is 5.01. The molecule has 0 aliphatic carbocycles. The molecule has 0 unspecified atom stereocenters. The Hall–Kier alpha value is -0.240. The molecule has 6 heteroatoms. The fourth-order valence-electron chi connectivity index (χ4n) is 3.30. The van der Waals surface area contributed by atoms with Crippen molar-refractivity contribution in [3.05, 3.63) is 0 Å². The van der Waals surface area contributed by atoms with Gasteiger partial charge in [0.1, 0.15) is 12.2 Å². The van der Waals surface area contributed by atoms with Gasteiger partial charge < -0.3 is 29.2 Å². The highest BCUT2D eigenvalue weighted by atomic mass is 16.7. The molecular formula is C15H28O6. The van der Waals surface area contributed by atoms with E-state index in [1.54, 1.807) is 7.11 Å². The summed E-state index contributed by atoms with van der Waals surface area (Å²) in [6.45, 7) is 7.99. The van der Waals surface area contributed by atoms with Crippen LogP contribution in [0.25, 0.3) is 0 Å². The molecular weight excluding hydrogens is 276 g/mol. The van der Waals surface area contributed by atoms with Crippen molar-refractivity contribution in [1.82, 2.24) is 0 Å². The molecule has 0 saturated carbocycles. The summed E-state index contributed by atoms with van der Waals surface area (Å²) in [5.41, 5.74) is -0.348. The Morgan fingerprint density at radius 3 is 2.52 bits per heavy atom. The van der Waals surface area contributed by atoms with Gasteiger partial charge in [-0.1, -0.05) is 13.8 Å². The molecule has 0 aromatic carbocycles. The quantitative estimate of drug-likeness (QED) is 0.796. The first-order chi connectivity index (χ1) is 9.71. The maximum Gasteiger partial charge on any atom is 0.163 e. The summed E-state index contributed by atoms with van der Waals surface area (Å²) in [4.78, 5) is 0. The van der Waals surface area contributed by atoms with Crippen LogP contribution in [-0.2, 0) is 18.9 Å². The zero-order valence-corrected chi connectivity index (χ0v) is 13.5. The third-order valence-corrected chi connectivity index (χ3v) is 4.53. The van der Waals surface area contributed by atoms with Crippen LogP contribution in [0.1, 0.15) is 34.1 Å². The Balaban J connectivity index is 2.20. The molecule has 6 nitrogen and oxygen atoms in total. The Kier molecular flexibility index (Phi) is 4.97. The van der Waals surface area contributed by atoms with Gasteiger partial charge in [0, 0.05) is 18.9 Å². The van der Waals surface area contributed by atoms with Gasteiger partial charge in [0.2, 0.25) is 0 Å². The fraction of sp³-hybridized carbons (Fsp3) is 1.00. The second-order valence-electron chi connectivity index (χ2n) is 7.01. The number of aliphatic hydroxyl groups excluding tert-OH is 2. The van der Waals surface area contributed by atoms with Gasteiger partial charge in [-0.25, -0.2) is 0 Å². The topological polar surface area (TPSA) is 77.4 Å². The number of hydrogen-bond donors (Lipinski definition) is 2. The number of hydrogen-bond acceptors (Lipinski definition) is 6. The highest BCUT2D eigenvalue weighted by Gasteiger charge is 2.55. The minimum Gasteiger partial charge on any atom is -0.394 e. The molecule has 0 radical (unpaired) electrons. The molecule has 124 valence electrons. The van der Waals surface area contributed by atoms with Crippen LogP contribution in [0.15, 0.2) is 0 Å². The van der Waals surface area contributed by atoms with E-state index in [0.717, 1.165) is 0 Å². The summed E-state index contributed by atoms with van der Waals surface area (Å²) in [5, 5.41) is 18.8. The Labute approximate surface area is 126 Å². The van der Waals surface area contributed by atoms with E-state index in [0.29, 0.717) is 13.0 Å². The Bertz CT molecular complexity index is 356. The molecule has 2 saturated heterocycles. The van der Waals surface area contributed by atoms with Crippen molar-refractivity contribution < 1.29 is 29.2 Å². The SMILES string of the molecule is CO[C@@H]1[C@H]2OC(C)(C)OC[C@H]2O[C@H](C[C@@H](O)CO)C1(C)C. The van der Waals surface area contributed by atoms with Crippen LogP contribution in [0.4, 0.5) is 0 Å². The average molecular weight is 304 g/mol. The largest absolute Gasteiger partial charge is 0.394 e. The first kappa shape index (κ1) is 17.1. The minimum atomic E-state index is -0.801. The molecule has 0 spiro atoms. The van der Waals surface area contributed by atoms with Gasteiger partial charge >= 0.3 is 0 Å². The standard InChI is InChI=1S/C15H28O6/c1-14(2)11(6-9(17)7-16)20-10-8-19-15(3,4)21-12(10)13(14)18-5/h9-13,16-17H,6-8H2,1-5H3/t9-,10-,11-,12+,13-/m1/s1. The number of fused-ring (bicyclic) bond motifs is 1. The summed E-state index contributed by atoms with van der Waals surface area (Å²) in [6.07, 6.45) is -1.29. The van der Waals surface area contributed by atoms with Crippen LogP contribution in [0, 0.1) is 5.41 Å². The van der Waals surface area contributed by atoms with Gasteiger partial charge in [-0.15, -0.1) is 0 Å². The van der Waals surface area contributed by atoms with Crippen LogP contribution in [0.5, 0.6) is 0 Å². The predicted molar refractivity (Wildman–Crippen MR) is 75.9 cm³/mol. The second-order valence-corrected chi connectivity index (χ2v) is 7.01. The summed E-state index contributed by atoms with van der Waals surface area (Å²) >= 11 is 0. The summed E-state index contributed by atoms with van der Waals surface area (Å²) < 4.78 is 23.5. The monoisotopic (exact) mass is 304 g/mol. The van der Waals surface area contributed by atoms with E-state index in [1.807, 2.05) is 27.7 Å². The third-order valence-electron chi connectivity index (χ3n) is 4.53. The minimum absolute atomic E-state index is 0.171. The highest BCUT2D eigenvalue weighted by Crippen LogP contribution is 2.44. The van der Waals surface area contributed by atoms with E-state index in [1.165, 1.54) is 0 Å². The molecule has 21 heavy (non-hydrogen) atoms.